The maximum absolute atomic E-state index is 12.7. The molecule has 0 fully saturated rings. The van der Waals surface area contributed by atoms with Gasteiger partial charge in [-0.2, -0.15) is 0 Å². The van der Waals surface area contributed by atoms with E-state index in [1.165, 1.54) is 70.6 Å². The standard InChI is InChI=1S/C59H100NO8P/c1-3-5-7-9-11-13-15-17-19-21-23-25-26-27-28-29-30-32-34-36-38-40-42-44-46-48-50-52-59(62)68-57(56-67-69(63,64)66-54-53-60)55-65-58(61)51-49-47-45-43-41-39-37-35-33-31-24-22-20-18-16-14-12-10-8-6-4-2/h5,7,11,13,16-19,22-25,27-28,30,32,36,38,57H,3-4,6,8-10,12,14-15,20-21,26,29,31,33-35,37,39-56,60H2,1-2H3,(H,63,64)/b7-5-,13-11-,18-16-,19-17-,24-22-,25-23-,28-27-,32-30-,38-36-. The van der Waals surface area contributed by atoms with Crippen LogP contribution in [0.15, 0.2) is 109 Å². The maximum atomic E-state index is 12.7. The molecule has 0 aromatic heterocycles. The Morgan fingerprint density at radius 3 is 1.19 bits per heavy atom. The van der Waals surface area contributed by atoms with Crippen LogP contribution in [0.1, 0.15) is 219 Å². The molecule has 2 atom stereocenters. The van der Waals surface area contributed by atoms with Gasteiger partial charge in [0.05, 0.1) is 13.2 Å². The van der Waals surface area contributed by atoms with Crippen LogP contribution in [0.3, 0.4) is 0 Å². The van der Waals surface area contributed by atoms with Gasteiger partial charge in [0.1, 0.15) is 6.61 Å². The molecule has 0 aliphatic heterocycles. The van der Waals surface area contributed by atoms with Crippen molar-refractivity contribution < 1.29 is 37.6 Å². The van der Waals surface area contributed by atoms with Crippen LogP contribution in [0.4, 0.5) is 0 Å². The predicted octanol–water partition coefficient (Wildman–Crippen LogP) is 17.1. The van der Waals surface area contributed by atoms with E-state index in [4.69, 9.17) is 24.3 Å². The van der Waals surface area contributed by atoms with E-state index >= 15 is 0 Å². The predicted molar refractivity (Wildman–Crippen MR) is 293 cm³/mol. The number of phosphoric acid groups is 1. The van der Waals surface area contributed by atoms with E-state index in [0.29, 0.717) is 6.42 Å². The molecule has 0 aromatic carbocycles. The number of phosphoric ester groups is 1. The maximum Gasteiger partial charge on any atom is 0.472 e. The van der Waals surface area contributed by atoms with E-state index in [0.717, 1.165) is 116 Å². The summed E-state index contributed by atoms with van der Waals surface area (Å²) in [5.41, 5.74) is 5.37. The van der Waals surface area contributed by atoms with Crippen molar-refractivity contribution in [2.24, 2.45) is 5.73 Å². The van der Waals surface area contributed by atoms with Crippen LogP contribution in [-0.4, -0.2) is 49.3 Å². The van der Waals surface area contributed by atoms with Crippen molar-refractivity contribution in [1.82, 2.24) is 0 Å². The molecule has 0 saturated heterocycles. The molecule has 0 bridgehead atoms. The second-order valence-electron chi connectivity index (χ2n) is 17.7. The molecule has 9 nitrogen and oxygen atoms in total. The van der Waals surface area contributed by atoms with Gasteiger partial charge in [0.15, 0.2) is 6.10 Å². The highest BCUT2D eigenvalue weighted by atomic mass is 31.2. The third-order valence-corrected chi connectivity index (χ3v) is 12.1. The van der Waals surface area contributed by atoms with E-state index < -0.39 is 32.5 Å². The molecule has 10 heteroatoms. The summed E-state index contributed by atoms with van der Waals surface area (Å²) in [7, 11) is -4.40. The molecule has 0 amide bonds. The van der Waals surface area contributed by atoms with Crippen LogP contribution in [0, 0.1) is 0 Å². The van der Waals surface area contributed by atoms with Crippen LogP contribution in [0.25, 0.3) is 0 Å². The SMILES string of the molecule is CC/C=C\C/C=C\C/C=C\C/C=C\C/C=C\C/C=C\C/C=C\CCCCCCCC(=O)OC(COC(=O)CCCCCCCCCCC/C=C\C/C=C\CCCCCCC)COP(=O)(O)OCCN. The molecule has 0 heterocycles. The number of allylic oxidation sites excluding steroid dienone is 18. The summed E-state index contributed by atoms with van der Waals surface area (Å²) in [6.45, 7) is 3.58. The molecule has 0 radical (unpaired) electrons. The highest BCUT2D eigenvalue weighted by molar-refractivity contribution is 7.47. The fourth-order valence-electron chi connectivity index (χ4n) is 7.12. The number of hydrogen-bond acceptors (Lipinski definition) is 8. The van der Waals surface area contributed by atoms with Gasteiger partial charge in [0, 0.05) is 19.4 Å². The van der Waals surface area contributed by atoms with Gasteiger partial charge < -0.3 is 20.1 Å². The summed E-state index contributed by atoms with van der Waals surface area (Å²) in [6.07, 6.45) is 72.7. The summed E-state index contributed by atoms with van der Waals surface area (Å²) < 4.78 is 33.0. The molecule has 0 saturated carbocycles. The van der Waals surface area contributed by atoms with Gasteiger partial charge >= 0.3 is 19.8 Å². The lowest BCUT2D eigenvalue weighted by molar-refractivity contribution is -0.161. The van der Waals surface area contributed by atoms with Crippen LogP contribution < -0.4 is 5.73 Å². The van der Waals surface area contributed by atoms with Gasteiger partial charge in [-0.1, -0.05) is 213 Å². The van der Waals surface area contributed by atoms with Crippen molar-refractivity contribution in [3.05, 3.63) is 109 Å². The first-order chi connectivity index (χ1) is 33.8. The van der Waals surface area contributed by atoms with Crippen molar-refractivity contribution in [3.63, 3.8) is 0 Å². The Hall–Kier alpha value is -3.33. The average Bonchev–Trinajstić information content (AvgIpc) is 3.34. The van der Waals surface area contributed by atoms with Gasteiger partial charge in [-0.15, -0.1) is 0 Å². The summed E-state index contributed by atoms with van der Waals surface area (Å²) in [6, 6.07) is 0. The topological polar surface area (TPSA) is 134 Å². The molecule has 0 rings (SSSR count). The summed E-state index contributed by atoms with van der Waals surface area (Å²) in [5.74, 6) is -0.861. The second-order valence-corrected chi connectivity index (χ2v) is 19.2. The number of carbonyl (C=O) groups is 2. The van der Waals surface area contributed by atoms with Gasteiger partial charge in [0.25, 0.3) is 0 Å². The minimum absolute atomic E-state index is 0.0434. The zero-order valence-corrected chi connectivity index (χ0v) is 44.6. The van der Waals surface area contributed by atoms with E-state index in [9.17, 15) is 19.0 Å². The minimum Gasteiger partial charge on any atom is -0.462 e. The average molecular weight is 982 g/mol. The molecule has 3 N–H and O–H groups in total. The minimum atomic E-state index is -4.40. The third-order valence-electron chi connectivity index (χ3n) is 11.1. The second kappa shape index (κ2) is 54.0. The number of ether oxygens (including phenoxy) is 2. The highest BCUT2D eigenvalue weighted by Crippen LogP contribution is 2.43. The Bertz CT molecular complexity index is 1490. The quantitative estimate of drug-likeness (QED) is 0.0264. The third kappa shape index (κ3) is 53.9. The number of carbonyl (C=O) groups excluding carboxylic acids is 2. The molecule has 394 valence electrons. The first-order valence-corrected chi connectivity index (χ1v) is 28.9. The summed E-state index contributed by atoms with van der Waals surface area (Å²) in [4.78, 5) is 35.1. The fraction of sp³-hybridized carbons (Fsp3) is 0.661. The molecule has 0 spiro atoms. The molecular formula is C59H100NO8P. The lowest BCUT2D eigenvalue weighted by Crippen LogP contribution is -2.29. The largest absolute Gasteiger partial charge is 0.472 e. The number of rotatable bonds is 50. The zero-order chi connectivity index (χ0) is 50.2. The summed E-state index contributed by atoms with van der Waals surface area (Å²) >= 11 is 0. The van der Waals surface area contributed by atoms with Gasteiger partial charge in [-0.3, -0.25) is 18.6 Å². The molecular weight excluding hydrogens is 882 g/mol. The lowest BCUT2D eigenvalue weighted by atomic mass is 10.1. The van der Waals surface area contributed by atoms with Gasteiger partial charge in [-0.25, -0.2) is 4.57 Å². The number of unbranched alkanes of at least 4 members (excludes halogenated alkanes) is 19. The Balaban J connectivity index is 4.11. The van der Waals surface area contributed by atoms with Crippen molar-refractivity contribution >= 4 is 19.8 Å². The van der Waals surface area contributed by atoms with Crippen LogP contribution >= 0.6 is 7.82 Å². The monoisotopic (exact) mass is 982 g/mol. The first-order valence-electron chi connectivity index (χ1n) is 27.4. The molecule has 2 unspecified atom stereocenters. The van der Waals surface area contributed by atoms with E-state index in [1.807, 2.05) is 0 Å². The summed E-state index contributed by atoms with van der Waals surface area (Å²) in [5, 5.41) is 0. The van der Waals surface area contributed by atoms with Crippen molar-refractivity contribution in [2.75, 3.05) is 26.4 Å². The van der Waals surface area contributed by atoms with Crippen LogP contribution in [0.5, 0.6) is 0 Å². The van der Waals surface area contributed by atoms with E-state index in [2.05, 4.69) is 123 Å². The molecule has 0 aliphatic rings. The smallest absolute Gasteiger partial charge is 0.462 e. The first kappa shape index (κ1) is 65.7. The normalized spacial score (nSPS) is 14.0. The molecule has 0 aliphatic carbocycles. The Labute approximate surface area is 422 Å². The Morgan fingerprint density at radius 1 is 0.449 bits per heavy atom. The van der Waals surface area contributed by atoms with Gasteiger partial charge in [0.2, 0.25) is 0 Å². The van der Waals surface area contributed by atoms with Crippen molar-refractivity contribution in [3.8, 4) is 0 Å². The van der Waals surface area contributed by atoms with Crippen molar-refractivity contribution in [1.29, 1.82) is 0 Å². The Kier molecular flexibility index (Phi) is 51.4. The fourth-order valence-corrected chi connectivity index (χ4v) is 7.88. The Morgan fingerprint density at radius 2 is 0.797 bits per heavy atom. The number of hydrogen-bond donors (Lipinski definition) is 2. The highest BCUT2D eigenvalue weighted by Gasteiger charge is 2.26. The number of esters is 2. The number of nitrogens with two attached hydrogens (primary N) is 1. The van der Waals surface area contributed by atoms with E-state index in [1.54, 1.807) is 0 Å². The van der Waals surface area contributed by atoms with Gasteiger partial charge in [-0.05, 0) is 103 Å². The van der Waals surface area contributed by atoms with E-state index in [-0.39, 0.29) is 32.6 Å². The lowest BCUT2D eigenvalue weighted by Gasteiger charge is -2.19. The molecule has 69 heavy (non-hydrogen) atoms. The van der Waals surface area contributed by atoms with Crippen LogP contribution in [0.2, 0.25) is 0 Å². The zero-order valence-electron chi connectivity index (χ0n) is 43.8. The van der Waals surface area contributed by atoms with Crippen LogP contribution in [-0.2, 0) is 32.7 Å². The van der Waals surface area contributed by atoms with Crippen molar-refractivity contribution in [2.45, 2.75) is 225 Å². The molecule has 0 aromatic rings.